The molecule has 164 valence electrons. The zero-order valence-electron chi connectivity index (χ0n) is 18.8. The van der Waals surface area contributed by atoms with Crippen LogP contribution in [-0.4, -0.2) is 46.5 Å². The van der Waals surface area contributed by atoms with Gasteiger partial charge in [0.1, 0.15) is 17.4 Å². The van der Waals surface area contributed by atoms with E-state index in [-0.39, 0.29) is 23.2 Å². The molecule has 3 rings (SSSR count). The molecule has 1 aliphatic heterocycles. The first-order chi connectivity index (χ1) is 14.2. The van der Waals surface area contributed by atoms with Crippen molar-refractivity contribution in [1.29, 1.82) is 0 Å². The molecule has 0 aromatic heterocycles. The molecular weight excluding hydrogens is 378 g/mol. The molecule has 0 radical (unpaired) electrons. The third-order valence-corrected chi connectivity index (χ3v) is 7.62. The van der Waals surface area contributed by atoms with Crippen LogP contribution in [0.15, 0.2) is 47.3 Å². The molecule has 30 heavy (non-hydrogen) atoms. The molecular formula is C25H35NO4. The zero-order valence-corrected chi connectivity index (χ0v) is 18.8. The summed E-state index contributed by atoms with van der Waals surface area (Å²) < 4.78 is 0. The lowest BCUT2D eigenvalue weighted by molar-refractivity contribution is -0.126. The highest BCUT2D eigenvalue weighted by Gasteiger charge is 2.55. The Kier molecular flexibility index (Phi) is 6.42. The smallest absolute Gasteiger partial charge is 0.261 e. The van der Waals surface area contributed by atoms with Crippen molar-refractivity contribution in [3.63, 3.8) is 0 Å². The monoisotopic (exact) mass is 413 g/mol. The molecule has 1 amide bonds. The highest BCUT2D eigenvalue weighted by atomic mass is 16.3. The number of hydrogen-bond acceptors (Lipinski definition) is 4. The molecule has 0 aromatic carbocycles. The van der Waals surface area contributed by atoms with E-state index < -0.39 is 29.8 Å². The van der Waals surface area contributed by atoms with Crippen molar-refractivity contribution in [1.82, 2.24) is 4.90 Å². The van der Waals surface area contributed by atoms with E-state index in [4.69, 9.17) is 0 Å². The van der Waals surface area contributed by atoms with Gasteiger partial charge in [-0.15, -0.1) is 0 Å². The summed E-state index contributed by atoms with van der Waals surface area (Å²) in [6.07, 6.45) is 13.4. The number of likely N-dealkylation sites (tertiary alicyclic amines) is 1. The molecule has 1 saturated carbocycles. The Morgan fingerprint density at radius 2 is 2.00 bits per heavy atom. The standard InChI is InChI=1S/C25H35NO4/c1-6-7-8-9-18-16(3)13-17-12-15(2)10-11-19(17)25(18,4)23(29)21-22(28)20(14-27)26(5)24(21)30/h6-9,13,15,17-20,27,29H,10-12,14H2,1-5H3/b7-6+,9-8+,23-21+/t15-,17-,18-,19-,20+,25+/m0/s1. The second kappa shape index (κ2) is 8.54. The molecule has 5 heteroatoms. The fourth-order valence-corrected chi connectivity index (χ4v) is 5.92. The van der Waals surface area contributed by atoms with E-state index in [9.17, 15) is 19.8 Å². The molecule has 1 heterocycles. The highest BCUT2D eigenvalue weighted by molar-refractivity contribution is 6.26. The average molecular weight is 414 g/mol. The van der Waals surface area contributed by atoms with Gasteiger partial charge in [0.05, 0.1) is 6.61 Å². The SMILES string of the molecule is C/C=C/C=C/[C@H]1C(C)=C[C@@H]2C[C@@H](C)CC[C@@H]2[C@]1(C)/C(O)=C1/C(=O)[C@@H](CO)N(C)C1=O. The molecule has 2 fully saturated rings. The number of aliphatic hydroxyl groups excluding tert-OH is 2. The number of carbonyl (C=O) groups excluding carboxylic acids is 2. The van der Waals surface area contributed by atoms with E-state index in [1.165, 1.54) is 11.9 Å². The van der Waals surface area contributed by atoms with Crippen LogP contribution in [0.4, 0.5) is 0 Å². The van der Waals surface area contributed by atoms with Gasteiger partial charge in [-0.05, 0) is 44.4 Å². The molecule has 0 spiro atoms. The van der Waals surface area contributed by atoms with Gasteiger partial charge in [-0.1, -0.05) is 56.2 Å². The second-order valence-corrected chi connectivity index (χ2v) is 9.47. The fourth-order valence-electron chi connectivity index (χ4n) is 5.92. The molecule has 0 bridgehead atoms. The van der Waals surface area contributed by atoms with Crippen LogP contribution in [0.3, 0.4) is 0 Å². The number of ketones is 1. The summed E-state index contributed by atoms with van der Waals surface area (Å²) in [5, 5.41) is 21.2. The average Bonchev–Trinajstić information content (AvgIpc) is 2.91. The first-order valence-corrected chi connectivity index (χ1v) is 11.0. The van der Waals surface area contributed by atoms with Crippen LogP contribution in [-0.2, 0) is 9.59 Å². The lowest BCUT2D eigenvalue weighted by Crippen LogP contribution is -2.46. The van der Waals surface area contributed by atoms with Crippen molar-refractivity contribution in [2.45, 2.75) is 53.0 Å². The van der Waals surface area contributed by atoms with E-state index in [0.717, 1.165) is 24.8 Å². The van der Waals surface area contributed by atoms with E-state index >= 15 is 0 Å². The highest BCUT2D eigenvalue weighted by Crippen LogP contribution is 2.58. The largest absolute Gasteiger partial charge is 0.511 e. The summed E-state index contributed by atoms with van der Waals surface area (Å²) in [5.74, 6) is -0.128. The Labute approximate surface area is 179 Å². The van der Waals surface area contributed by atoms with Crippen molar-refractivity contribution >= 4 is 11.7 Å². The second-order valence-electron chi connectivity index (χ2n) is 9.47. The van der Waals surface area contributed by atoms with Gasteiger partial charge in [0.15, 0.2) is 5.78 Å². The predicted molar refractivity (Wildman–Crippen MR) is 118 cm³/mol. The van der Waals surface area contributed by atoms with Crippen LogP contribution in [0.5, 0.6) is 0 Å². The van der Waals surface area contributed by atoms with Gasteiger partial charge in [0.2, 0.25) is 0 Å². The van der Waals surface area contributed by atoms with Crippen molar-refractivity contribution in [3.05, 3.63) is 47.3 Å². The number of nitrogens with zero attached hydrogens (tertiary/aromatic N) is 1. The van der Waals surface area contributed by atoms with Crippen LogP contribution < -0.4 is 0 Å². The normalized spacial score (nSPS) is 39.1. The van der Waals surface area contributed by atoms with Crippen LogP contribution in [0.2, 0.25) is 0 Å². The van der Waals surface area contributed by atoms with E-state index in [0.29, 0.717) is 11.8 Å². The lowest BCUT2D eigenvalue weighted by atomic mass is 9.52. The van der Waals surface area contributed by atoms with Gasteiger partial charge in [0, 0.05) is 18.4 Å². The topological polar surface area (TPSA) is 77.8 Å². The van der Waals surface area contributed by atoms with Crippen molar-refractivity contribution in [2.75, 3.05) is 13.7 Å². The first-order valence-electron chi connectivity index (χ1n) is 11.0. The molecule has 2 aliphatic carbocycles. The number of aliphatic hydroxyl groups is 2. The van der Waals surface area contributed by atoms with Gasteiger partial charge in [0.25, 0.3) is 5.91 Å². The summed E-state index contributed by atoms with van der Waals surface area (Å²) in [7, 11) is 1.50. The van der Waals surface area contributed by atoms with Crippen molar-refractivity contribution in [2.24, 2.45) is 29.1 Å². The Bertz CT molecular complexity index is 836. The number of amides is 1. The number of likely N-dealkylation sites (N-methyl/N-ethyl adjacent to an activating group) is 1. The van der Waals surface area contributed by atoms with Crippen LogP contribution >= 0.6 is 0 Å². The van der Waals surface area contributed by atoms with Crippen LogP contribution in [0.1, 0.15) is 47.0 Å². The van der Waals surface area contributed by atoms with Crippen LogP contribution in [0.25, 0.3) is 0 Å². The van der Waals surface area contributed by atoms with Crippen LogP contribution in [0, 0.1) is 29.1 Å². The molecule has 0 unspecified atom stereocenters. The Morgan fingerprint density at radius 3 is 2.60 bits per heavy atom. The third-order valence-electron chi connectivity index (χ3n) is 7.62. The Morgan fingerprint density at radius 1 is 1.30 bits per heavy atom. The summed E-state index contributed by atoms with van der Waals surface area (Å²) in [6.45, 7) is 7.86. The first kappa shape index (κ1) is 22.5. The quantitative estimate of drug-likeness (QED) is 0.240. The predicted octanol–water partition coefficient (Wildman–Crippen LogP) is 3.97. The summed E-state index contributed by atoms with van der Waals surface area (Å²) >= 11 is 0. The maximum Gasteiger partial charge on any atom is 0.261 e. The molecule has 5 nitrogen and oxygen atoms in total. The number of rotatable bonds is 4. The van der Waals surface area contributed by atoms with Gasteiger partial charge in [-0.3, -0.25) is 9.59 Å². The number of hydrogen-bond donors (Lipinski definition) is 2. The number of Topliss-reactive ketones (excluding diaryl/α,β-unsaturated/α-hetero) is 1. The summed E-state index contributed by atoms with van der Waals surface area (Å²) in [5.41, 5.74) is 0.259. The van der Waals surface area contributed by atoms with Gasteiger partial charge in [-0.2, -0.15) is 0 Å². The maximum atomic E-state index is 13.0. The molecule has 1 saturated heterocycles. The maximum absolute atomic E-state index is 13.0. The van der Waals surface area contributed by atoms with Gasteiger partial charge in [-0.25, -0.2) is 0 Å². The third kappa shape index (κ3) is 3.47. The van der Waals surface area contributed by atoms with E-state index in [1.54, 1.807) is 0 Å². The minimum Gasteiger partial charge on any atom is -0.511 e. The number of fused-ring (bicyclic) bond motifs is 1. The summed E-state index contributed by atoms with van der Waals surface area (Å²) in [6, 6.07) is -0.919. The fraction of sp³-hybridized carbons (Fsp3) is 0.600. The zero-order chi connectivity index (χ0) is 22.2. The molecule has 2 N–H and O–H groups in total. The van der Waals surface area contributed by atoms with E-state index in [1.807, 2.05) is 32.1 Å². The van der Waals surface area contributed by atoms with Gasteiger partial charge < -0.3 is 15.1 Å². The van der Waals surface area contributed by atoms with E-state index in [2.05, 4.69) is 26.0 Å². The van der Waals surface area contributed by atoms with Crippen molar-refractivity contribution in [3.8, 4) is 0 Å². The van der Waals surface area contributed by atoms with Crippen molar-refractivity contribution < 1.29 is 19.8 Å². The summed E-state index contributed by atoms with van der Waals surface area (Å²) in [4.78, 5) is 27.1. The number of carbonyl (C=O) groups is 2. The molecule has 3 aliphatic rings. The Hall–Kier alpha value is -2.14. The minimum absolute atomic E-state index is 0.104. The molecule has 0 aromatic rings. The van der Waals surface area contributed by atoms with Gasteiger partial charge >= 0.3 is 0 Å². The minimum atomic E-state index is -0.919. The lowest BCUT2D eigenvalue weighted by Gasteiger charge is -2.52. The Balaban J connectivity index is 2.19. The molecule has 6 atom stereocenters. The number of allylic oxidation sites excluding steroid dienone is 7.